The van der Waals surface area contributed by atoms with E-state index >= 15 is 0 Å². The van der Waals surface area contributed by atoms with Crippen molar-refractivity contribution in [2.24, 2.45) is 10.8 Å². The highest BCUT2D eigenvalue weighted by Crippen LogP contribution is 2.32. The largest absolute Gasteiger partial charge is 0.373 e. The number of rotatable bonds is 11. The fourth-order valence-electron chi connectivity index (χ4n) is 10.3. The van der Waals surface area contributed by atoms with Gasteiger partial charge in [-0.1, -0.05) is 86.8 Å². The molecule has 79 heavy (non-hydrogen) atoms. The molecule has 4 saturated heterocycles. The lowest BCUT2D eigenvalue weighted by atomic mass is 9.84. The van der Waals surface area contributed by atoms with Gasteiger partial charge in [-0.15, -0.1) is 0 Å². The highest BCUT2D eigenvalue weighted by molar-refractivity contribution is 6.35. The number of halogens is 3. The molecule has 4 amide bonds. The number of amides is 4. The van der Waals surface area contributed by atoms with Gasteiger partial charge in [-0.3, -0.25) is 37.9 Å². The van der Waals surface area contributed by atoms with Crippen LogP contribution in [0.4, 0.5) is 5.69 Å². The van der Waals surface area contributed by atoms with E-state index in [1.165, 1.54) is 21.4 Å². The smallest absolute Gasteiger partial charge is 0.265 e. The van der Waals surface area contributed by atoms with Crippen molar-refractivity contribution in [1.82, 2.24) is 44.9 Å². The van der Waals surface area contributed by atoms with E-state index in [4.69, 9.17) is 44.3 Å². The first-order valence-electron chi connectivity index (χ1n) is 26.5. The second kappa shape index (κ2) is 24.9. The number of aromatic nitrogens is 4. The molecule has 0 radical (unpaired) electrons. The summed E-state index contributed by atoms with van der Waals surface area (Å²) in [5, 5.41) is 11.5. The number of hydrogen-bond donors (Lipinski definition) is 3. The zero-order valence-corrected chi connectivity index (χ0v) is 48.2. The second-order valence-corrected chi connectivity index (χ2v) is 23.8. The number of ether oxygens (including phenoxy) is 2. The van der Waals surface area contributed by atoms with Crippen LogP contribution in [0.2, 0.25) is 15.1 Å². The molecule has 4 aliphatic rings. The Labute approximate surface area is 474 Å². The lowest BCUT2D eigenvalue weighted by Crippen LogP contribution is -2.56. The van der Waals surface area contributed by atoms with E-state index in [1.54, 1.807) is 64.5 Å². The maximum atomic E-state index is 13.7. The molecular formula is C58H69Cl3N10O8. The molecule has 4 fully saturated rings. The summed E-state index contributed by atoms with van der Waals surface area (Å²) in [6.45, 7) is 22.4. The first-order chi connectivity index (χ1) is 37.4. The average molecular weight is 1140 g/mol. The number of carbonyl (C=O) groups excluding carboxylic acids is 4. The number of nitrogens with zero attached hydrogens (tertiary/aromatic N) is 7. The molecule has 0 bridgehead atoms. The van der Waals surface area contributed by atoms with Crippen molar-refractivity contribution >= 4 is 86.2 Å². The van der Waals surface area contributed by atoms with Gasteiger partial charge in [0.05, 0.1) is 29.4 Å². The quantitative estimate of drug-likeness (QED) is 0.117. The Morgan fingerprint density at radius 1 is 0.595 bits per heavy atom. The van der Waals surface area contributed by atoms with Gasteiger partial charge in [-0.05, 0) is 98.2 Å². The van der Waals surface area contributed by atoms with Gasteiger partial charge in [0, 0.05) is 104 Å². The fourth-order valence-corrected chi connectivity index (χ4v) is 10.7. The van der Waals surface area contributed by atoms with Crippen molar-refractivity contribution in [2.45, 2.75) is 106 Å². The molecule has 18 nitrogen and oxygen atoms in total. The zero-order valence-electron chi connectivity index (χ0n) is 45.9. The van der Waals surface area contributed by atoms with Crippen LogP contribution in [-0.2, 0) is 45.2 Å². The maximum absolute atomic E-state index is 13.7. The minimum absolute atomic E-state index is 0.0152. The molecule has 420 valence electrons. The van der Waals surface area contributed by atoms with Gasteiger partial charge in [-0.2, -0.15) is 0 Å². The van der Waals surface area contributed by atoms with Crippen molar-refractivity contribution in [1.29, 1.82) is 0 Å². The Bertz CT molecular complexity index is 3320. The van der Waals surface area contributed by atoms with E-state index in [0.29, 0.717) is 83.0 Å². The summed E-state index contributed by atoms with van der Waals surface area (Å²) in [6, 6.07) is 20.6. The number of likely N-dealkylation sites (tertiary alicyclic amines) is 2. The van der Waals surface area contributed by atoms with E-state index < -0.39 is 22.9 Å². The molecule has 4 aliphatic heterocycles. The van der Waals surface area contributed by atoms with E-state index in [2.05, 4.69) is 72.4 Å². The summed E-state index contributed by atoms with van der Waals surface area (Å²) >= 11 is 18.2. The Morgan fingerprint density at radius 2 is 1.00 bits per heavy atom. The predicted molar refractivity (Wildman–Crippen MR) is 308 cm³/mol. The van der Waals surface area contributed by atoms with Crippen molar-refractivity contribution in [3.63, 3.8) is 0 Å². The lowest BCUT2D eigenvalue weighted by molar-refractivity contribution is -0.142. The van der Waals surface area contributed by atoms with Gasteiger partial charge in [0.2, 0.25) is 11.8 Å². The van der Waals surface area contributed by atoms with Crippen LogP contribution >= 0.6 is 34.8 Å². The third kappa shape index (κ3) is 14.7. The summed E-state index contributed by atoms with van der Waals surface area (Å²) < 4.78 is 13.9. The standard InChI is InChI=1S/C29H34ClN5O4.C23H22Cl2N4O3.C6H13NO/c1-18-13-33(14-19(2)39-18)24-9-10-31-26-22(24)11-23(27(37)32-12-20-5-7-21(30)8-6-20)28(38)35(26)15-25(36)34-16-29(3,4)17-34;1-23(2)12-28(13-23)19(30)11-29-20-16(18(25)7-8-26-20)9-17(22(29)32)21(31)27-10-14-3-5-15(24)6-4-14;1-5-3-7-4-6(2)8-5/h5-11,18-19H,12-17H2,1-4H3,(H,32,37);3-9H,10-13H2,1-2H3,(H,27,31);5-7H,3-4H2,1-2H3. The maximum Gasteiger partial charge on any atom is 0.265 e. The normalized spacial score (nSPS) is 20.2. The summed E-state index contributed by atoms with van der Waals surface area (Å²) in [6.07, 6.45) is 3.95. The molecule has 4 aromatic heterocycles. The molecule has 2 aromatic carbocycles. The van der Waals surface area contributed by atoms with Gasteiger partial charge in [0.15, 0.2) is 0 Å². The van der Waals surface area contributed by atoms with Crippen molar-refractivity contribution in [3.05, 3.63) is 143 Å². The molecule has 0 spiro atoms. The van der Waals surface area contributed by atoms with Crippen molar-refractivity contribution < 1.29 is 28.7 Å². The highest BCUT2D eigenvalue weighted by Gasteiger charge is 2.39. The van der Waals surface area contributed by atoms with E-state index in [9.17, 15) is 28.8 Å². The molecule has 8 heterocycles. The molecule has 6 aromatic rings. The molecule has 4 unspecified atom stereocenters. The van der Waals surface area contributed by atoms with Gasteiger partial charge >= 0.3 is 0 Å². The lowest BCUT2D eigenvalue weighted by Gasteiger charge is -2.45. The van der Waals surface area contributed by atoms with Crippen molar-refractivity contribution in [3.8, 4) is 0 Å². The topological polar surface area (TPSA) is 202 Å². The zero-order chi connectivity index (χ0) is 56.9. The van der Waals surface area contributed by atoms with Gasteiger partial charge in [0.1, 0.15) is 35.5 Å². The van der Waals surface area contributed by atoms with Crippen LogP contribution in [0.3, 0.4) is 0 Å². The van der Waals surface area contributed by atoms with E-state index in [0.717, 1.165) is 29.9 Å². The molecule has 10 rings (SSSR count). The first kappa shape index (κ1) is 58.7. The predicted octanol–water partition coefficient (Wildman–Crippen LogP) is 7.35. The molecule has 21 heteroatoms. The van der Waals surface area contributed by atoms with Crippen LogP contribution in [0, 0.1) is 10.8 Å². The minimum Gasteiger partial charge on any atom is -0.373 e. The number of nitrogens with one attached hydrogen (secondary N) is 3. The fraction of sp³-hybridized carbons (Fsp3) is 0.448. The number of pyridine rings is 4. The first-order valence-corrected chi connectivity index (χ1v) is 27.7. The summed E-state index contributed by atoms with van der Waals surface area (Å²) in [5.74, 6) is -1.44. The van der Waals surface area contributed by atoms with E-state index in [1.807, 2.05) is 32.0 Å². The Hall–Kier alpha value is -6.41. The van der Waals surface area contributed by atoms with Crippen LogP contribution in [0.25, 0.3) is 22.1 Å². The Kier molecular flexibility index (Phi) is 18.5. The summed E-state index contributed by atoms with van der Waals surface area (Å²) in [5.41, 5.74) is 2.04. The molecule has 3 N–H and O–H groups in total. The summed E-state index contributed by atoms with van der Waals surface area (Å²) in [4.78, 5) is 93.5. The van der Waals surface area contributed by atoms with Gasteiger partial charge in [0.25, 0.3) is 22.9 Å². The van der Waals surface area contributed by atoms with Crippen LogP contribution in [0.15, 0.2) is 94.8 Å². The Morgan fingerprint density at radius 3 is 1.42 bits per heavy atom. The van der Waals surface area contributed by atoms with Crippen LogP contribution < -0.4 is 32.0 Å². The third-order valence-corrected chi connectivity index (χ3v) is 14.8. The molecule has 4 atom stereocenters. The monoisotopic (exact) mass is 1140 g/mol. The van der Waals surface area contributed by atoms with Crippen LogP contribution in [-0.4, -0.2) is 129 Å². The van der Waals surface area contributed by atoms with Crippen molar-refractivity contribution in [2.75, 3.05) is 57.3 Å². The molecule has 0 aliphatic carbocycles. The third-order valence-electron chi connectivity index (χ3n) is 14.0. The second-order valence-electron chi connectivity index (χ2n) is 22.5. The Balaban J connectivity index is 0.000000185. The van der Waals surface area contributed by atoms with Crippen LogP contribution in [0.5, 0.6) is 0 Å². The number of anilines is 1. The van der Waals surface area contributed by atoms with Gasteiger partial charge in [-0.25, -0.2) is 9.97 Å². The SMILES string of the molecule is CC1(C)CN(C(=O)Cn2c(=O)c(C(=O)NCc3ccc(Cl)cc3)cc3c(Cl)ccnc32)C1.CC1CN(c2ccnc3c2cc(C(=O)NCc2ccc(Cl)cc2)c(=O)n3CC(=O)N2CC(C)(C)C2)CC(C)O1.CC1CNCC(C)O1. The number of benzene rings is 2. The highest BCUT2D eigenvalue weighted by atomic mass is 35.5. The average Bonchev–Trinajstić information content (AvgIpc) is 3.44. The van der Waals surface area contributed by atoms with Crippen LogP contribution in [0.1, 0.15) is 87.2 Å². The number of carbonyl (C=O) groups is 4. The number of fused-ring (bicyclic) bond motifs is 2. The van der Waals surface area contributed by atoms with E-state index in [-0.39, 0.29) is 77.8 Å². The summed E-state index contributed by atoms with van der Waals surface area (Å²) in [7, 11) is 0. The molecular weight excluding hydrogens is 1070 g/mol. The van der Waals surface area contributed by atoms with Gasteiger partial charge < -0.3 is 40.1 Å². The molecule has 0 saturated carbocycles. The minimum atomic E-state index is -0.589. The number of hydrogen-bond acceptors (Lipinski definition) is 12. The number of morpholine rings is 2.